The van der Waals surface area contributed by atoms with Gasteiger partial charge in [-0.2, -0.15) is 0 Å². The number of aliphatic hydroxyl groups excluding tert-OH is 1. The van der Waals surface area contributed by atoms with Gasteiger partial charge in [0.15, 0.2) is 0 Å². The van der Waals surface area contributed by atoms with E-state index in [2.05, 4.69) is 15.9 Å². The smallest absolute Gasteiger partial charge is 0.115 e. The molecule has 84 valence electrons. The lowest BCUT2D eigenvalue weighted by Gasteiger charge is -2.09. The molecule has 1 nitrogen and oxygen atoms in total. The van der Waals surface area contributed by atoms with Crippen molar-refractivity contribution in [1.29, 1.82) is 0 Å². The van der Waals surface area contributed by atoms with Crippen molar-refractivity contribution in [3.63, 3.8) is 0 Å². The second-order valence-corrected chi connectivity index (χ2v) is 5.76. The molecule has 4 heteroatoms. The van der Waals surface area contributed by atoms with Crippen LogP contribution >= 0.6 is 38.9 Å². The first-order valence-electron chi connectivity index (χ1n) is 4.76. The first-order valence-corrected chi connectivity index (χ1v) is 6.81. The number of halogens is 2. The zero-order valence-electron chi connectivity index (χ0n) is 8.58. The first kappa shape index (κ1) is 12.1. The standard InChI is InChI=1S/C12H10BrClOS/c1-7-6-16-12(10(7)14)11(15)8-2-4-9(13)5-3-8/h2-6,11,15H,1H3. The van der Waals surface area contributed by atoms with Gasteiger partial charge in [0.05, 0.1) is 9.90 Å². The molecule has 1 aromatic carbocycles. The highest BCUT2D eigenvalue weighted by Crippen LogP contribution is 2.35. The monoisotopic (exact) mass is 316 g/mol. The van der Waals surface area contributed by atoms with E-state index in [9.17, 15) is 5.11 Å². The van der Waals surface area contributed by atoms with Crippen LogP contribution in [0, 0.1) is 6.92 Å². The molecule has 0 aliphatic rings. The fourth-order valence-corrected chi connectivity index (χ4v) is 3.00. The third-order valence-electron chi connectivity index (χ3n) is 2.36. The molecule has 2 aromatic rings. The number of aliphatic hydroxyl groups is 1. The van der Waals surface area contributed by atoms with Gasteiger partial charge in [-0.1, -0.05) is 39.7 Å². The van der Waals surface area contributed by atoms with Crippen molar-refractivity contribution in [1.82, 2.24) is 0 Å². The molecular weight excluding hydrogens is 308 g/mol. The fourth-order valence-electron chi connectivity index (χ4n) is 1.43. The molecule has 16 heavy (non-hydrogen) atoms. The summed E-state index contributed by atoms with van der Waals surface area (Å²) in [6, 6.07) is 7.60. The topological polar surface area (TPSA) is 20.2 Å². The van der Waals surface area contributed by atoms with Gasteiger partial charge in [-0.05, 0) is 35.6 Å². The van der Waals surface area contributed by atoms with Crippen LogP contribution in [0.1, 0.15) is 22.1 Å². The molecule has 1 aromatic heterocycles. The molecule has 0 radical (unpaired) electrons. The van der Waals surface area contributed by atoms with E-state index in [-0.39, 0.29) is 0 Å². The van der Waals surface area contributed by atoms with E-state index in [4.69, 9.17) is 11.6 Å². The van der Waals surface area contributed by atoms with Crippen molar-refractivity contribution in [2.75, 3.05) is 0 Å². The van der Waals surface area contributed by atoms with Gasteiger partial charge < -0.3 is 5.11 Å². The average Bonchev–Trinajstić information content (AvgIpc) is 2.60. The summed E-state index contributed by atoms with van der Waals surface area (Å²) in [5, 5.41) is 12.8. The summed E-state index contributed by atoms with van der Waals surface area (Å²) in [5.41, 5.74) is 1.87. The second kappa shape index (κ2) is 4.88. The predicted molar refractivity (Wildman–Crippen MR) is 72.3 cm³/mol. The minimum atomic E-state index is -0.640. The van der Waals surface area contributed by atoms with Crippen LogP contribution in [-0.2, 0) is 0 Å². The molecule has 0 aliphatic heterocycles. The molecule has 2 rings (SSSR count). The Morgan fingerprint density at radius 2 is 1.94 bits per heavy atom. The van der Waals surface area contributed by atoms with Gasteiger partial charge in [-0.3, -0.25) is 0 Å². The van der Waals surface area contributed by atoms with E-state index in [1.165, 1.54) is 11.3 Å². The molecule has 1 unspecified atom stereocenters. The van der Waals surface area contributed by atoms with Gasteiger partial charge in [-0.15, -0.1) is 11.3 Å². The number of rotatable bonds is 2. The molecule has 0 amide bonds. The van der Waals surface area contributed by atoms with Crippen LogP contribution in [0.2, 0.25) is 5.02 Å². The van der Waals surface area contributed by atoms with Gasteiger partial charge in [0.25, 0.3) is 0 Å². The summed E-state index contributed by atoms with van der Waals surface area (Å²) in [5.74, 6) is 0. The molecule has 0 saturated heterocycles. The summed E-state index contributed by atoms with van der Waals surface area (Å²) < 4.78 is 0.997. The quantitative estimate of drug-likeness (QED) is 0.861. The minimum absolute atomic E-state index is 0.640. The zero-order valence-corrected chi connectivity index (χ0v) is 11.7. The third kappa shape index (κ3) is 2.33. The maximum absolute atomic E-state index is 10.2. The maximum atomic E-state index is 10.2. The Hall–Kier alpha value is -0.350. The van der Waals surface area contributed by atoms with Crippen LogP contribution in [-0.4, -0.2) is 5.11 Å². The van der Waals surface area contributed by atoms with Crippen molar-refractivity contribution in [3.8, 4) is 0 Å². The van der Waals surface area contributed by atoms with Crippen molar-refractivity contribution >= 4 is 38.9 Å². The third-order valence-corrected chi connectivity index (χ3v) is 4.65. The van der Waals surface area contributed by atoms with E-state index in [0.717, 1.165) is 20.5 Å². The maximum Gasteiger partial charge on any atom is 0.115 e. The van der Waals surface area contributed by atoms with Crippen LogP contribution in [0.3, 0.4) is 0 Å². The number of thiophene rings is 1. The van der Waals surface area contributed by atoms with Crippen LogP contribution in [0.15, 0.2) is 34.1 Å². The van der Waals surface area contributed by atoms with Crippen LogP contribution in [0.25, 0.3) is 0 Å². The van der Waals surface area contributed by atoms with E-state index in [0.29, 0.717) is 5.02 Å². The predicted octanol–water partition coefficient (Wildman–Crippen LogP) is 4.55. The Balaban J connectivity index is 2.35. The average molecular weight is 318 g/mol. The van der Waals surface area contributed by atoms with Gasteiger partial charge in [0.1, 0.15) is 6.10 Å². The molecule has 0 fully saturated rings. The largest absolute Gasteiger partial charge is 0.383 e. The molecular formula is C12H10BrClOS. The summed E-state index contributed by atoms with van der Waals surface area (Å²) in [4.78, 5) is 0.807. The number of hydrogen-bond acceptors (Lipinski definition) is 2. The van der Waals surface area contributed by atoms with Crippen molar-refractivity contribution in [2.24, 2.45) is 0 Å². The number of hydrogen-bond donors (Lipinski definition) is 1. The number of aryl methyl sites for hydroxylation is 1. The Bertz CT molecular complexity index is 492. The van der Waals surface area contributed by atoms with Crippen molar-refractivity contribution < 1.29 is 5.11 Å². The van der Waals surface area contributed by atoms with Gasteiger partial charge in [0, 0.05) is 4.47 Å². The molecule has 1 heterocycles. The molecule has 1 atom stereocenters. The fraction of sp³-hybridized carbons (Fsp3) is 0.167. The van der Waals surface area contributed by atoms with Crippen LogP contribution in [0.5, 0.6) is 0 Å². The summed E-state index contributed by atoms with van der Waals surface area (Å²) in [6.45, 7) is 1.94. The van der Waals surface area contributed by atoms with Crippen molar-refractivity contribution in [2.45, 2.75) is 13.0 Å². The second-order valence-electron chi connectivity index (χ2n) is 3.55. The van der Waals surface area contributed by atoms with Gasteiger partial charge in [-0.25, -0.2) is 0 Å². The summed E-state index contributed by atoms with van der Waals surface area (Å²) >= 11 is 11.0. The lowest BCUT2D eigenvalue weighted by Crippen LogP contribution is -1.97. The first-order chi connectivity index (χ1) is 7.59. The zero-order chi connectivity index (χ0) is 11.7. The SMILES string of the molecule is Cc1csc(C(O)c2ccc(Br)cc2)c1Cl. The molecule has 1 N–H and O–H groups in total. The van der Waals surface area contributed by atoms with Crippen molar-refractivity contribution in [3.05, 3.63) is 55.1 Å². The lowest BCUT2D eigenvalue weighted by atomic mass is 10.1. The highest BCUT2D eigenvalue weighted by atomic mass is 79.9. The van der Waals surface area contributed by atoms with Crippen LogP contribution in [0.4, 0.5) is 0 Å². The Morgan fingerprint density at radius 3 is 2.44 bits per heavy atom. The van der Waals surface area contributed by atoms with E-state index >= 15 is 0 Å². The molecule has 0 saturated carbocycles. The van der Waals surface area contributed by atoms with E-state index in [1.807, 2.05) is 36.6 Å². The summed E-state index contributed by atoms with van der Waals surface area (Å²) in [6.07, 6.45) is -0.640. The highest BCUT2D eigenvalue weighted by molar-refractivity contribution is 9.10. The Morgan fingerprint density at radius 1 is 1.31 bits per heavy atom. The van der Waals surface area contributed by atoms with E-state index in [1.54, 1.807) is 0 Å². The Labute approximate surface area is 112 Å². The normalized spacial score (nSPS) is 12.8. The minimum Gasteiger partial charge on any atom is -0.383 e. The van der Waals surface area contributed by atoms with Gasteiger partial charge >= 0.3 is 0 Å². The Kier molecular flexibility index (Phi) is 3.70. The number of benzene rings is 1. The van der Waals surface area contributed by atoms with E-state index < -0.39 is 6.10 Å². The van der Waals surface area contributed by atoms with Gasteiger partial charge in [0.2, 0.25) is 0 Å². The molecule has 0 spiro atoms. The van der Waals surface area contributed by atoms with Crippen LogP contribution < -0.4 is 0 Å². The molecule has 0 aliphatic carbocycles. The summed E-state index contributed by atoms with van der Waals surface area (Å²) in [7, 11) is 0. The lowest BCUT2D eigenvalue weighted by molar-refractivity contribution is 0.224. The highest BCUT2D eigenvalue weighted by Gasteiger charge is 2.16. The molecule has 0 bridgehead atoms.